The van der Waals surface area contributed by atoms with Crippen LogP contribution in [0.4, 0.5) is 5.69 Å². The average molecular weight is 627 g/mol. The molecule has 8 nitrogen and oxygen atoms in total. The molecule has 2 aliphatic heterocycles. The van der Waals surface area contributed by atoms with Crippen LogP contribution in [0.25, 0.3) is 5.76 Å². The van der Waals surface area contributed by atoms with Gasteiger partial charge < -0.3 is 15.1 Å². The Bertz CT molecular complexity index is 1740. The van der Waals surface area contributed by atoms with Gasteiger partial charge in [-0.1, -0.05) is 84.4 Å². The minimum Gasteiger partial charge on any atom is -0.507 e. The van der Waals surface area contributed by atoms with Crippen molar-refractivity contribution in [1.29, 1.82) is 0 Å². The number of phenolic OH excluding ortho intramolecular Hbond substituents is 1. The Labute approximate surface area is 250 Å². The molecule has 1 unspecified atom stereocenters. The molecule has 2 N–H and O–H groups in total. The van der Waals surface area contributed by atoms with Gasteiger partial charge in [0, 0.05) is 22.2 Å². The van der Waals surface area contributed by atoms with Crippen LogP contribution >= 0.6 is 15.9 Å². The number of allylic oxidation sites excluding steroid dienone is 1. The van der Waals surface area contributed by atoms with E-state index in [1.807, 2.05) is 44.2 Å². The summed E-state index contributed by atoms with van der Waals surface area (Å²) in [5.74, 6) is -4.33. The van der Waals surface area contributed by atoms with E-state index in [1.54, 1.807) is 36.4 Å². The summed E-state index contributed by atoms with van der Waals surface area (Å²) in [5, 5.41) is 22.6. The van der Waals surface area contributed by atoms with Crippen LogP contribution in [0.1, 0.15) is 37.8 Å². The number of anilines is 1. The van der Waals surface area contributed by atoms with Crippen LogP contribution in [-0.2, 0) is 25.7 Å². The van der Waals surface area contributed by atoms with Crippen LogP contribution in [0.2, 0.25) is 0 Å². The predicted octanol–water partition coefficient (Wildman–Crippen LogP) is 5.46. The molecule has 3 aromatic rings. The van der Waals surface area contributed by atoms with E-state index in [9.17, 15) is 29.4 Å². The quantitative estimate of drug-likeness (QED) is 0.226. The van der Waals surface area contributed by atoms with Crippen molar-refractivity contribution in [2.45, 2.75) is 38.8 Å². The molecule has 1 fully saturated rings. The Hall–Kier alpha value is -4.50. The van der Waals surface area contributed by atoms with Crippen LogP contribution in [0.15, 0.2) is 100 Å². The number of fused-ring (bicyclic) bond motifs is 1. The number of halogens is 1. The highest BCUT2D eigenvalue weighted by Gasteiger charge is 2.71. The fourth-order valence-corrected chi connectivity index (χ4v) is 6.60. The van der Waals surface area contributed by atoms with E-state index < -0.39 is 45.7 Å². The molecule has 0 radical (unpaired) electrons. The lowest BCUT2D eigenvalue weighted by molar-refractivity contribution is -0.133. The summed E-state index contributed by atoms with van der Waals surface area (Å²) >= 11 is 3.35. The van der Waals surface area contributed by atoms with Gasteiger partial charge in [0.05, 0.1) is 23.4 Å². The predicted molar refractivity (Wildman–Crippen MR) is 159 cm³/mol. The third-order valence-corrected chi connectivity index (χ3v) is 8.61. The topological polar surface area (TPSA) is 115 Å². The number of ketones is 2. The maximum absolute atomic E-state index is 15.0. The smallest absolute Gasteiger partial charge is 0.300 e. The summed E-state index contributed by atoms with van der Waals surface area (Å²) in [6.45, 7) is 3.92. The van der Waals surface area contributed by atoms with Gasteiger partial charge in [0.15, 0.2) is 11.3 Å². The van der Waals surface area contributed by atoms with Crippen LogP contribution < -0.4 is 4.90 Å². The highest BCUT2D eigenvalue weighted by Crippen LogP contribution is 2.56. The summed E-state index contributed by atoms with van der Waals surface area (Å²) in [6, 6.07) is 21.4. The number of aliphatic hydroxyl groups excluding tert-OH is 1. The number of carbonyl (C=O) groups is 4. The minimum atomic E-state index is -2.32. The van der Waals surface area contributed by atoms with Gasteiger partial charge in [-0.15, -0.1) is 0 Å². The van der Waals surface area contributed by atoms with Crippen molar-refractivity contribution in [1.82, 2.24) is 4.90 Å². The maximum Gasteiger partial charge on any atom is 0.300 e. The van der Waals surface area contributed by atoms with Crippen LogP contribution in [0.5, 0.6) is 5.75 Å². The van der Waals surface area contributed by atoms with E-state index in [0.29, 0.717) is 16.6 Å². The van der Waals surface area contributed by atoms with Gasteiger partial charge in [-0.2, -0.15) is 0 Å². The van der Waals surface area contributed by atoms with E-state index in [1.165, 1.54) is 17.0 Å². The van der Waals surface area contributed by atoms with Crippen molar-refractivity contribution >= 4 is 50.8 Å². The number of rotatable bonds is 4. The molecule has 6 rings (SSSR count). The first-order valence-corrected chi connectivity index (χ1v) is 14.3. The van der Waals surface area contributed by atoms with Gasteiger partial charge in [0.2, 0.25) is 0 Å². The molecular weight excluding hydrogens is 600 g/mol. The van der Waals surface area contributed by atoms with E-state index in [2.05, 4.69) is 15.9 Å². The van der Waals surface area contributed by atoms with Gasteiger partial charge in [-0.25, -0.2) is 0 Å². The number of hydrogen-bond donors (Lipinski definition) is 2. The molecule has 1 saturated heterocycles. The molecule has 0 aromatic heterocycles. The van der Waals surface area contributed by atoms with Gasteiger partial charge in [-0.05, 0) is 41.7 Å². The number of Topliss-reactive ketones (excluding diaryl/α,β-unsaturated/α-hetero) is 2. The molecule has 3 aromatic carbocycles. The first-order chi connectivity index (χ1) is 20.0. The molecule has 2 amide bonds. The Morgan fingerprint density at radius 3 is 2.19 bits per heavy atom. The highest BCUT2D eigenvalue weighted by molar-refractivity contribution is 9.10. The van der Waals surface area contributed by atoms with E-state index in [4.69, 9.17) is 0 Å². The molecule has 42 heavy (non-hydrogen) atoms. The van der Waals surface area contributed by atoms with E-state index in [-0.39, 0.29) is 35.5 Å². The molecule has 2 heterocycles. The second kappa shape index (κ2) is 9.80. The van der Waals surface area contributed by atoms with Crippen molar-refractivity contribution in [2.24, 2.45) is 5.41 Å². The molecule has 1 atom stereocenters. The Kier molecular flexibility index (Phi) is 6.46. The molecule has 1 aliphatic carbocycles. The maximum atomic E-state index is 15.0. The zero-order valence-corrected chi connectivity index (χ0v) is 24.5. The first kappa shape index (κ1) is 27.7. The number of amides is 2. The number of aromatic hydroxyl groups is 1. The number of para-hydroxylation sites is 2. The summed E-state index contributed by atoms with van der Waals surface area (Å²) in [6.07, 6.45) is 0.376. The molecule has 0 saturated carbocycles. The monoisotopic (exact) mass is 626 g/mol. The largest absolute Gasteiger partial charge is 0.507 e. The normalized spacial score (nSPS) is 22.8. The standard InChI is InChI=1S/C33H27BrN2O6/c1-32(2)16-23-26(25(38)17-32)33(31(42)35(23)18-19-8-4-3-5-9-19)27(28(39)20-12-14-21(34)15-13-20)29(40)30(41)36(33)22-10-6-7-11-24(22)37/h3-15,37,39H,16-18H2,1-2H3/b28-27-. The zero-order chi connectivity index (χ0) is 30.0. The zero-order valence-electron chi connectivity index (χ0n) is 22.9. The highest BCUT2D eigenvalue weighted by atomic mass is 79.9. The Morgan fingerprint density at radius 1 is 0.881 bits per heavy atom. The lowest BCUT2D eigenvalue weighted by atomic mass is 9.70. The molecule has 1 spiro atoms. The van der Waals surface area contributed by atoms with E-state index in [0.717, 1.165) is 10.5 Å². The van der Waals surface area contributed by atoms with Gasteiger partial charge in [-0.3, -0.25) is 24.1 Å². The summed E-state index contributed by atoms with van der Waals surface area (Å²) in [7, 11) is 0. The molecule has 3 aliphatic rings. The molecule has 9 heteroatoms. The van der Waals surface area contributed by atoms with Crippen molar-refractivity contribution in [2.75, 3.05) is 4.90 Å². The van der Waals surface area contributed by atoms with Crippen molar-refractivity contribution in [3.05, 3.63) is 111 Å². The summed E-state index contributed by atoms with van der Waals surface area (Å²) in [4.78, 5) is 59.4. The molecule has 212 valence electrons. The lowest BCUT2D eigenvalue weighted by Crippen LogP contribution is -2.56. The SMILES string of the molecule is CC1(C)CC(=O)C2=C(C1)N(Cc1ccccc1)C(=O)C21/C(=C(\O)c2ccc(Br)cc2)C(=O)C(=O)N1c1ccccc1O. The van der Waals surface area contributed by atoms with Gasteiger partial charge in [0.25, 0.3) is 11.7 Å². The van der Waals surface area contributed by atoms with Crippen molar-refractivity contribution < 1.29 is 29.4 Å². The molecule has 0 bridgehead atoms. The number of aliphatic hydroxyl groups is 1. The van der Waals surface area contributed by atoms with Crippen LogP contribution in [0, 0.1) is 5.41 Å². The Balaban J connectivity index is 1.71. The lowest BCUT2D eigenvalue weighted by Gasteiger charge is -2.37. The number of hydrogen-bond acceptors (Lipinski definition) is 6. The van der Waals surface area contributed by atoms with Gasteiger partial charge in [0.1, 0.15) is 11.5 Å². The van der Waals surface area contributed by atoms with Gasteiger partial charge >= 0.3 is 5.91 Å². The first-order valence-electron chi connectivity index (χ1n) is 13.5. The van der Waals surface area contributed by atoms with Crippen LogP contribution in [-0.4, -0.2) is 44.0 Å². The number of benzene rings is 3. The number of carbonyl (C=O) groups excluding carboxylic acids is 4. The Morgan fingerprint density at radius 2 is 1.52 bits per heavy atom. The van der Waals surface area contributed by atoms with Crippen LogP contribution in [0.3, 0.4) is 0 Å². The minimum absolute atomic E-state index is 0.0242. The third kappa shape index (κ3) is 4.02. The fourth-order valence-electron chi connectivity index (χ4n) is 6.34. The second-order valence-electron chi connectivity index (χ2n) is 11.5. The van der Waals surface area contributed by atoms with Crippen molar-refractivity contribution in [3.63, 3.8) is 0 Å². The number of phenols is 1. The summed E-state index contributed by atoms with van der Waals surface area (Å²) in [5.41, 5.74) is -2.11. The fraction of sp³-hybridized carbons (Fsp3) is 0.212. The summed E-state index contributed by atoms with van der Waals surface area (Å²) < 4.78 is 0.712. The third-order valence-electron chi connectivity index (χ3n) is 8.08. The average Bonchev–Trinajstić information content (AvgIpc) is 3.31. The number of nitrogens with zero attached hydrogens (tertiary/aromatic N) is 2. The second-order valence-corrected chi connectivity index (χ2v) is 12.5. The van der Waals surface area contributed by atoms with E-state index >= 15 is 0 Å². The van der Waals surface area contributed by atoms with Crippen molar-refractivity contribution in [3.8, 4) is 5.75 Å². The molecular formula is C33H27BrN2O6.